The summed E-state index contributed by atoms with van der Waals surface area (Å²) >= 11 is 0. The molecule has 0 aliphatic carbocycles. The Bertz CT molecular complexity index is 984. The fourth-order valence-corrected chi connectivity index (χ4v) is 3.40. The average Bonchev–Trinajstić information content (AvgIpc) is 3.34. The fraction of sp³-hybridized carbons (Fsp3) is 0.350. The second kappa shape index (κ2) is 8.76. The number of amides is 1. The molecule has 1 aliphatic rings. The molecule has 10 heteroatoms. The second-order valence-corrected chi connectivity index (χ2v) is 6.82. The Kier molecular flexibility index (Phi) is 5.73. The van der Waals surface area contributed by atoms with Crippen LogP contribution in [0.15, 0.2) is 43.0 Å². The van der Waals surface area contributed by atoms with Crippen molar-refractivity contribution in [3.63, 3.8) is 0 Å². The van der Waals surface area contributed by atoms with E-state index in [1.54, 1.807) is 25.2 Å². The van der Waals surface area contributed by atoms with Gasteiger partial charge in [-0.1, -0.05) is 6.07 Å². The number of methoxy groups -OCH3 is 2. The summed E-state index contributed by atoms with van der Waals surface area (Å²) in [6.07, 6.45) is 3.35. The van der Waals surface area contributed by atoms with Gasteiger partial charge in [0, 0.05) is 26.2 Å². The molecule has 3 aromatic rings. The summed E-state index contributed by atoms with van der Waals surface area (Å²) in [6.45, 7) is 2.68. The Morgan fingerprint density at radius 2 is 1.70 bits per heavy atom. The van der Waals surface area contributed by atoms with Crippen molar-refractivity contribution in [2.75, 3.05) is 45.3 Å². The van der Waals surface area contributed by atoms with Crippen LogP contribution in [0.5, 0.6) is 11.5 Å². The van der Waals surface area contributed by atoms with Crippen LogP contribution < -0.4 is 14.4 Å². The van der Waals surface area contributed by atoms with Crippen LogP contribution in [-0.2, 0) is 11.2 Å². The van der Waals surface area contributed by atoms with Gasteiger partial charge in [-0.15, -0.1) is 10.2 Å². The smallest absolute Gasteiger partial charge is 0.227 e. The van der Waals surface area contributed by atoms with Gasteiger partial charge in [0.05, 0.1) is 20.6 Å². The summed E-state index contributed by atoms with van der Waals surface area (Å²) in [5, 5.41) is 12.5. The number of aromatic nitrogens is 5. The van der Waals surface area contributed by atoms with Crippen LogP contribution in [0.3, 0.4) is 0 Å². The van der Waals surface area contributed by atoms with E-state index in [4.69, 9.17) is 9.47 Å². The monoisotopic (exact) mass is 409 g/mol. The Morgan fingerprint density at radius 1 is 0.967 bits per heavy atom. The van der Waals surface area contributed by atoms with Crippen molar-refractivity contribution in [3.05, 3.63) is 48.5 Å². The van der Waals surface area contributed by atoms with Gasteiger partial charge in [-0.25, -0.2) is 9.67 Å². The molecule has 156 valence electrons. The van der Waals surface area contributed by atoms with Crippen molar-refractivity contribution in [2.45, 2.75) is 6.42 Å². The van der Waals surface area contributed by atoms with Gasteiger partial charge in [0.15, 0.2) is 23.1 Å². The SMILES string of the molecule is COc1ccc(CC(=O)N2CCN(c3ccc(-n4cncn4)nn3)CC2)cc1OC. The van der Waals surface area contributed by atoms with E-state index in [9.17, 15) is 4.79 Å². The Labute approximate surface area is 174 Å². The van der Waals surface area contributed by atoms with Gasteiger partial charge in [0.1, 0.15) is 12.7 Å². The molecule has 0 N–H and O–H groups in total. The summed E-state index contributed by atoms with van der Waals surface area (Å²) < 4.78 is 12.1. The van der Waals surface area contributed by atoms with Crippen LogP contribution in [0.4, 0.5) is 5.82 Å². The average molecular weight is 409 g/mol. The van der Waals surface area contributed by atoms with Gasteiger partial charge in [-0.3, -0.25) is 4.79 Å². The van der Waals surface area contributed by atoms with Crippen molar-refractivity contribution in [1.82, 2.24) is 29.9 Å². The molecule has 4 rings (SSSR count). The number of ether oxygens (including phenoxy) is 2. The second-order valence-electron chi connectivity index (χ2n) is 6.82. The molecule has 0 saturated carbocycles. The molecular formula is C20H23N7O3. The van der Waals surface area contributed by atoms with Crippen LogP contribution >= 0.6 is 0 Å². The molecule has 1 aliphatic heterocycles. The Hall–Kier alpha value is -3.69. The number of carbonyl (C=O) groups excluding carboxylic acids is 1. The molecule has 0 spiro atoms. The molecule has 0 unspecified atom stereocenters. The zero-order valence-corrected chi connectivity index (χ0v) is 16.9. The van der Waals surface area contributed by atoms with Gasteiger partial charge in [-0.05, 0) is 29.8 Å². The molecule has 1 saturated heterocycles. The number of piperazine rings is 1. The van der Waals surface area contributed by atoms with Crippen LogP contribution in [0.2, 0.25) is 0 Å². The number of anilines is 1. The van der Waals surface area contributed by atoms with E-state index < -0.39 is 0 Å². The highest BCUT2D eigenvalue weighted by Gasteiger charge is 2.22. The third-order valence-electron chi connectivity index (χ3n) is 5.05. The molecule has 1 aromatic carbocycles. The maximum Gasteiger partial charge on any atom is 0.227 e. The molecule has 10 nitrogen and oxygen atoms in total. The maximum atomic E-state index is 12.7. The highest BCUT2D eigenvalue weighted by atomic mass is 16.5. The van der Waals surface area contributed by atoms with Crippen LogP contribution in [0.1, 0.15) is 5.56 Å². The minimum atomic E-state index is 0.0921. The highest BCUT2D eigenvalue weighted by molar-refractivity contribution is 5.79. The van der Waals surface area contributed by atoms with E-state index in [1.807, 2.05) is 35.2 Å². The number of hydrogen-bond acceptors (Lipinski definition) is 8. The van der Waals surface area contributed by atoms with Crippen molar-refractivity contribution >= 4 is 11.7 Å². The minimum absolute atomic E-state index is 0.0921. The number of hydrogen-bond donors (Lipinski definition) is 0. The normalized spacial score (nSPS) is 13.9. The van der Waals surface area contributed by atoms with Crippen LogP contribution in [-0.4, -0.2) is 76.2 Å². The summed E-state index contributed by atoms with van der Waals surface area (Å²) in [4.78, 5) is 20.6. The van der Waals surface area contributed by atoms with Gasteiger partial charge in [0.25, 0.3) is 0 Å². The van der Waals surface area contributed by atoms with Gasteiger partial charge in [-0.2, -0.15) is 5.10 Å². The summed E-state index contributed by atoms with van der Waals surface area (Å²) in [7, 11) is 3.18. The van der Waals surface area contributed by atoms with Crippen molar-refractivity contribution in [2.24, 2.45) is 0 Å². The third kappa shape index (κ3) is 4.17. The first-order valence-corrected chi connectivity index (χ1v) is 9.60. The van der Waals surface area contributed by atoms with E-state index >= 15 is 0 Å². The number of benzene rings is 1. The fourth-order valence-electron chi connectivity index (χ4n) is 3.40. The molecule has 3 heterocycles. The quantitative estimate of drug-likeness (QED) is 0.594. The predicted molar refractivity (Wildman–Crippen MR) is 109 cm³/mol. The molecule has 1 fully saturated rings. The molecule has 1 amide bonds. The van der Waals surface area contributed by atoms with Crippen LogP contribution in [0, 0.1) is 0 Å². The summed E-state index contributed by atoms with van der Waals surface area (Å²) in [5.74, 6) is 2.76. The van der Waals surface area contributed by atoms with Crippen molar-refractivity contribution in [1.29, 1.82) is 0 Å². The number of rotatable bonds is 6. The Balaban J connectivity index is 1.33. The topological polar surface area (TPSA) is 98.5 Å². The van der Waals surface area contributed by atoms with Crippen LogP contribution in [0.25, 0.3) is 5.82 Å². The Morgan fingerprint density at radius 3 is 2.33 bits per heavy atom. The minimum Gasteiger partial charge on any atom is -0.493 e. The third-order valence-corrected chi connectivity index (χ3v) is 5.05. The largest absolute Gasteiger partial charge is 0.493 e. The van der Waals surface area contributed by atoms with Gasteiger partial charge < -0.3 is 19.3 Å². The lowest BCUT2D eigenvalue weighted by molar-refractivity contribution is -0.130. The van der Waals surface area contributed by atoms with E-state index in [0.29, 0.717) is 49.9 Å². The lowest BCUT2D eigenvalue weighted by Crippen LogP contribution is -2.49. The van der Waals surface area contributed by atoms with Crippen molar-refractivity contribution < 1.29 is 14.3 Å². The lowest BCUT2D eigenvalue weighted by atomic mass is 10.1. The molecule has 2 aromatic heterocycles. The molecular weight excluding hydrogens is 386 g/mol. The number of nitrogens with zero attached hydrogens (tertiary/aromatic N) is 7. The maximum absolute atomic E-state index is 12.7. The summed E-state index contributed by atoms with van der Waals surface area (Å²) in [5.41, 5.74) is 0.898. The van der Waals surface area contributed by atoms with Gasteiger partial charge >= 0.3 is 0 Å². The lowest BCUT2D eigenvalue weighted by Gasteiger charge is -2.35. The zero-order chi connectivity index (χ0) is 20.9. The van der Waals surface area contributed by atoms with E-state index in [2.05, 4.69) is 25.2 Å². The molecule has 30 heavy (non-hydrogen) atoms. The first-order valence-electron chi connectivity index (χ1n) is 9.60. The van der Waals surface area contributed by atoms with E-state index in [1.165, 1.54) is 6.33 Å². The standard InChI is InChI=1S/C20H23N7O3/c1-29-16-4-3-15(11-17(16)30-2)12-20(28)26-9-7-25(8-10-26)18-5-6-19(24-23-18)27-14-21-13-22-27/h3-6,11,13-14H,7-10,12H2,1-2H3. The van der Waals surface area contributed by atoms with E-state index in [0.717, 1.165) is 11.4 Å². The van der Waals surface area contributed by atoms with Gasteiger partial charge in [0.2, 0.25) is 5.91 Å². The van der Waals surface area contributed by atoms with Crippen molar-refractivity contribution in [3.8, 4) is 17.3 Å². The first-order chi connectivity index (χ1) is 14.7. The zero-order valence-electron chi connectivity index (χ0n) is 16.9. The summed E-state index contributed by atoms with van der Waals surface area (Å²) in [6, 6.07) is 9.32. The predicted octanol–water partition coefficient (Wildman–Crippen LogP) is 0.966. The molecule has 0 radical (unpaired) electrons. The number of carbonyl (C=O) groups is 1. The highest BCUT2D eigenvalue weighted by Crippen LogP contribution is 2.28. The first kappa shape index (κ1) is 19.6. The molecule has 0 bridgehead atoms. The van der Waals surface area contributed by atoms with E-state index in [-0.39, 0.29) is 5.91 Å². The molecule has 0 atom stereocenters.